The quantitative estimate of drug-likeness (QED) is 0.248. The average molecular weight is 660 g/mol. The number of carboxylic acid groups (broad SMARTS) is 1. The summed E-state index contributed by atoms with van der Waals surface area (Å²) in [6.07, 6.45) is -2.73. The monoisotopic (exact) mass is 659 g/mol. The SMILES string of the molecule is CCOC(=O)CCc1ccc([C@@H](Oc2cc(N3CCC4(CC3)CC(C(=O)O)NC4CC)nc(N)n2)C(F)(F)F)c(-n2ccc(C)n2)c1. The van der Waals surface area contributed by atoms with E-state index in [9.17, 15) is 27.9 Å². The van der Waals surface area contributed by atoms with Crippen LogP contribution >= 0.6 is 0 Å². The lowest BCUT2D eigenvalue weighted by Gasteiger charge is -2.43. The van der Waals surface area contributed by atoms with Crippen LogP contribution in [-0.2, 0) is 20.7 Å². The lowest BCUT2D eigenvalue weighted by molar-refractivity contribution is -0.198. The second kappa shape index (κ2) is 13.8. The molecule has 3 aromatic rings. The molecule has 0 bridgehead atoms. The predicted octanol–water partition coefficient (Wildman–Crippen LogP) is 4.54. The summed E-state index contributed by atoms with van der Waals surface area (Å²) in [6.45, 7) is 6.71. The van der Waals surface area contributed by atoms with Gasteiger partial charge in [-0.2, -0.15) is 28.2 Å². The van der Waals surface area contributed by atoms with E-state index >= 15 is 0 Å². The van der Waals surface area contributed by atoms with Crippen LogP contribution in [0.4, 0.5) is 24.9 Å². The Hall–Kier alpha value is -4.40. The second-order valence-electron chi connectivity index (χ2n) is 12.1. The Morgan fingerprint density at radius 2 is 1.91 bits per heavy atom. The zero-order chi connectivity index (χ0) is 33.9. The molecule has 1 spiro atoms. The van der Waals surface area contributed by atoms with Gasteiger partial charge in [-0.1, -0.05) is 19.1 Å². The van der Waals surface area contributed by atoms with Crippen LogP contribution < -0.4 is 20.7 Å². The maximum atomic E-state index is 14.8. The number of carboxylic acids is 1. The van der Waals surface area contributed by atoms with Crippen LogP contribution in [0.1, 0.15) is 68.9 Å². The molecule has 4 heterocycles. The van der Waals surface area contributed by atoms with Crippen molar-refractivity contribution >= 4 is 23.7 Å². The van der Waals surface area contributed by atoms with E-state index in [-0.39, 0.29) is 54.0 Å². The first-order chi connectivity index (χ1) is 22.3. The molecule has 2 unspecified atom stereocenters. The van der Waals surface area contributed by atoms with Crippen LogP contribution in [-0.4, -0.2) is 74.7 Å². The van der Waals surface area contributed by atoms with Crippen molar-refractivity contribution in [2.75, 3.05) is 30.3 Å². The van der Waals surface area contributed by atoms with Gasteiger partial charge in [-0.25, -0.2) is 4.68 Å². The molecule has 2 aromatic heterocycles. The average Bonchev–Trinajstić information content (AvgIpc) is 3.62. The molecule has 4 N–H and O–H groups in total. The first-order valence-electron chi connectivity index (χ1n) is 15.7. The number of ether oxygens (including phenoxy) is 2. The topological polar surface area (TPSA) is 158 Å². The summed E-state index contributed by atoms with van der Waals surface area (Å²) in [4.78, 5) is 33.8. The van der Waals surface area contributed by atoms with Gasteiger partial charge in [0.2, 0.25) is 17.9 Å². The molecule has 2 aliphatic rings. The van der Waals surface area contributed by atoms with Gasteiger partial charge in [0.05, 0.1) is 18.0 Å². The van der Waals surface area contributed by atoms with Crippen molar-refractivity contribution in [3.63, 3.8) is 0 Å². The van der Waals surface area contributed by atoms with E-state index in [1.54, 1.807) is 32.2 Å². The van der Waals surface area contributed by atoms with Crippen molar-refractivity contribution in [2.45, 2.75) is 83.7 Å². The Balaban J connectivity index is 1.41. The fourth-order valence-electron chi connectivity index (χ4n) is 6.74. The number of anilines is 2. The highest BCUT2D eigenvalue weighted by molar-refractivity contribution is 5.74. The number of aryl methyl sites for hydroxylation is 2. The van der Waals surface area contributed by atoms with Gasteiger partial charge in [0.25, 0.3) is 0 Å². The van der Waals surface area contributed by atoms with Crippen molar-refractivity contribution in [1.29, 1.82) is 0 Å². The van der Waals surface area contributed by atoms with Crippen molar-refractivity contribution in [1.82, 2.24) is 25.1 Å². The fourth-order valence-corrected chi connectivity index (χ4v) is 6.74. The number of aromatic nitrogens is 4. The Kier molecular flexibility index (Phi) is 9.94. The number of rotatable bonds is 11. The lowest BCUT2D eigenvalue weighted by Crippen LogP contribution is -2.46. The number of benzene rings is 1. The minimum atomic E-state index is -4.86. The number of halogens is 3. The highest BCUT2D eigenvalue weighted by atomic mass is 19.4. The number of hydrogen-bond acceptors (Lipinski definition) is 10. The molecule has 47 heavy (non-hydrogen) atoms. The Morgan fingerprint density at radius 1 is 1.17 bits per heavy atom. The molecule has 0 aliphatic carbocycles. The maximum Gasteiger partial charge on any atom is 0.429 e. The molecule has 2 aliphatic heterocycles. The van der Waals surface area contributed by atoms with Crippen LogP contribution in [0.3, 0.4) is 0 Å². The summed E-state index contributed by atoms with van der Waals surface area (Å²) in [5.41, 5.74) is 6.95. The number of aliphatic carboxylic acids is 1. The Bertz CT molecular complexity index is 1590. The minimum Gasteiger partial charge on any atom is -0.480 e. The number of esters is 1. The fraction of sp³-hybridized carbons (Fsp3) is 0.531. The minimum absolute atomic E-state index is 0.0528. The zero-order valence-electron chi connectivity index (χ0n) is 26.6. The highest BCUT2D eigenvalue weighted by Crippen LogP contribution is 2.46. The van der Waals surface area contributed by atoms with Crippen molar-refractivity contribution in [3.05, 3.63) is 53.3 Å². The third kappa shape index (κ3) is 7.61. The molecule has 2 saturated heterocycles. The lowest BCUT2D eigenvalue weighted by atomic mass is 9.71. The molecule has 254 valence electrons. The number of carbonyl (C=O) groups is 2. The first kappa shape index (κ1) is 33.9. The maximum absolute atomic E-state index is 14.8. The normalized spacial score (nSPS) is 19.9. The van der Waals surface area contributed by atoms with E-state index < -0.39 is 30.3 Å². The summed E-state index contributed by atoms with van der Waals surface area (Å²) in [5.74, 6) is -1.53. The van der Waals surface area contributed by atoms with Gasteiger partial charge >= 0.3 is 18.1 Å². The first-order valence-corrected chi connectivity index (χ1v) is 15.7. The third-order valence-electron chi connectivity index (χ3n) is 9.05. The number of alkyl halides is 3. The summed E-state index contributed by atoms with van der Waals surface area (Å²) in [7, 11) is 0. The number of nitrogen functional groups attached to an aromatic ring is 1. The molecule has 1 aromatic carbocycles. The third-order valence-corrected chi connectivity index (χ3v) is 9.05. The number of hydrogen-bond donors (Lipinski definition) is 3. The molecular formula is C32H40F3N7O5. The van der Waals surface area contributed by atoms with Crippen molar-refractivity contribution < 1.29 is 37.3 Å². The van der Waals surface area contributed by atoms with Crippen LogP contribution in [0, 0.1) is 12.3 Å². The molecule has 0 amide bonds. The van der Waals surface area contributed by atoms with Crippen LogP contribution in [0.2, 0.25) is 0 Å². The Morgan fingerprint density at radius 3 is 2.53 bits per heavy atom. The highest BCUT2D eigenvalue weighted by Gasteiger charge is 2.50. The van der Waals surface area contributed by atoms with Gasteiger partial charge in [0.15, 0.2) is 0 Å². The number of nitrogens with one attached hydrogen (secondary N) is 1. The van der Waals surface area contributed by atoms with E-state index in [0.717, 1.165) is 6.42 Å². The smallest absolute Gasteiger partial charge is 0.429 e. The molecule has 12 nitrogen and oxygen atoms in total. The van der Waals surface area contributed by atoms with Crippen molar-refractivity contribution in [3.8, 4) is 11.6 Å². The van der Waals surface area contributed by atoms with Crippen LogP contribution in [0.15, 0.2) is 36.5 Å². The molecule has 2 fully saturated rings. The largest absolute Gasteiger partial charge is 0.480 e. The number of piperidine rings is 1. The van der Waals surface area contributed by atoms with E-state index in [0.29, 0.717) is 49.4 Å². The van der Waals surface area contributed by atoms with E-state index in [4.69, 9.17) is 15.2 Å². The Labute approximate surface area is 270 Å². The van der Waals surface area contributed by atoms with Gasteiger partial charge in [-0.15, -0.1) is 0 Å². The summed E-state index contributed by atoms with van der Waals surface area (Å²) in [6, 6.07) is 6.87. The number of carbonyl (C=O) groups excluding carboxylic acids is 1. The van der Waals surface area contributed by atoms with E-state index in [1.807, 2.05) is 11.8 Å². The molecule has 5 rings (SSSR count). The van der Waals surface area contributed by atoms with Gasteiger partial charge < -0.3 is 30.5 Å². The van der Waals surface area contributed by atoms with Crippen molar-refractivity contribution in [2.24, 2.45) is 5.41 Å². The van der Waals surface area contributed by atoms with E-state index in [2.05, 4.69) is 20.4 Å². The molecule has 0 saturated carbocycles. The zero-order valence-corrected chi connectivity index (χ0v) is 26.6. The number of nitrogens with zero attached hydrogens (tertiary/aromatic N) is 5. The van der Waals surface area contributed by atoms with Gasteiger partial charge in [-0.3, -0.25) is 9.59 Å². The summed E-state index contributed by atoms with van der Waals surface area (Å²) in [5, 5.41) is 17.2. The standard InChI is InChI=1S/C32H40F3N7O5/c1-4-24-31(18-22(37-24)29(44)45)11-14-41(15-12-31)25-17-26(39-30(36)38-25)47-28(32(33,34)35)21-8-6-20(7-9-27(43)46-5-2)16-23(21)42-13-10-19(3)40-42/h6,8,10,13,16-17,22,24,28,37H,4-5,7,9,11-12,14-15,18H2,1-3H3,(H,44,45)(H2,36,38,39)/t22?,24?,28-/m1/s1. The summed E-state index contributed by atoms with van der Waals surface area (Å²) < 4.78 is 56.2. The van der Waals surface area contributed by atoms with Crippen LogP contribution in [0.25, 0.3) is 5.69 Å². The number of nitrogens with two attached hydrogens (primary N) is 1. The van der Waals surface area contributed by atoms with Gasteiger partial charge in [-0.05, 0) is 69.1 Å². The molecular weight excluding hydrogens is 619 g/mol. The molecule has 0 radical (unpaired) electrons. The van der Waals surface area contributed by atoms with Crippen LogP contribution in [0.5, 0.6) is 5.88 Å². The molecule has 15 heteroatoms. The summed E-state index contributed by atoms with van der Waals surface area (Å²) >= 11 is 0. The van der Waals surface area contributed by atoms with E-state index in [1.165, 1.54) is 22.9 Å². The molecule has 3 atom stereocenters. The second-order valence-corrected chi connectivity index (χ2v) is 12.1. The van der Waals surface area contributed by atoms with Gasteiger partial charge in [0, 0.05) is 43.4 Å². The predicted molar refractivity (Wildman–Crippen MR) is 166 cm³/mol. The van der Waals surface area contributed by atoms with Gasteiger partial charge in [0.1, 0.15) is 11.9 Å².